The van der Waals surface area contributed by atoms with E-state index >= 15 is 0 Å². The van der Waals surface area contributed by atoms with E-state index in [1.165, 1.54) is 0 Å². The zero-order chi connectivity index (χ0) is 13.5. The number of aliphatic carboxylic acids is 1. The highest BCUT2D eigenvalue weighted by molar-refractivity contribution is 7.99. The first-order valence-corrected chi connectivity index (χ1v) is 6.45. The van der Waals surface area contributed by atoms with Gasteiger partial charge in [0.05, 0.1) is 5.75 Å². The molecule has 0 spiro atoms. The zero-order valence-electron chi connectivity index (χ0n) is 10.2. The summed E-state index contributed by atoms with van der Waals surface area (Å²) in [5, 5.41) is 19.6. The van der Waals surface area contributed by atoms with Crippen LogP contribution in [0.25, 0.3) is 0 Å². The van der Waals surface area contributed by atoms with E-state index in [1.807, 2.05) is 13.8 Å². The predicted octanol–water partition coefficient (Wildman–Crippen LogP) is -0.282. The van der Waals surface area contributed by atoms with Crippen molar-refractivity contribution in [3.63, 3.8) is 0 Å². The van der Waals surface area contributed by atoms with Gasteiger partial charge < -0.3 is 10.0 Å². The SMILES string of the molecule is CCN(CC)C(=O)CSc1nnnn1CC(=O)O. The molecule has 0 radical (unpaired) electrons. The maximum absolute atomic E-state index is 11.7. The molecule has 9 heteroatoms. The Kier molecular flexibility index (Phi) is 5.56. The molecule has 1 N–H and O–H groups in total. The van der Waals surface area contributed by atoms with Crippen LogP contribution in [0.3, 0.4) is 0 Å². The second kappa shape index (κ2) is 6.94. The van der Waals surface area contributed by atoms with Crippen LogP contribution in [-0.4, -0.2) is 60.9 Å². The average molecular weight is 273 g/mol. The van der Waals surface area contributed by atoms with Gasteiger partial charge in [0, 0.05) is 13.1 Å². The van der Waals surface area contributed by atoms with Crippen molar-refractivity contribution in [1.82, 2.24) is 25.1 Å². The zero-order valence-corrected chi connectivity index (χ0v) is 11.1. The summed E-state index contributed by atoms with van der Waals surface area (Å²) >= 11 is 1.14. The molecule has 0 unspecified atom stereocenters. The van der Waals surface area contributed by atoms with E-state index < -0.39 is 5.97 Å². The highest BCUT2D eigenvalue weighted by Gasteiger charge is 2.14. The molecule has 18 heavy (non-hydrogen) atoms. The van der Waals surface area contributed by atoms with Gasteiger partial charge in [0.2, 0.25) is 11.1 Å². The predicted molar refractivity (Wildman–Crippen MR) is 64.1 cm³/mol. The molecule has 0 aromatic carbocycles. The number of aromatic nitrogens is 4. The monoisotopic (exact) mass is 273 g/mol. The highest BCUT2D eigenvalue weighted by atomic mass is 32.2. The van der Waals surface area contributed by atoms with E-state index in [-0.39, 0.29) is 18.2 Å². The molecule has 1 rings (SSSR count). The van der Waals surface area contributed by atoms with Gasteiger partial charge in [-0.1, -0.05) is 11.8 Å². The third kappa shape index (κ3) is 3.99. The van der Waals surface area contributed by atoms with Crippen molar-refractivity contribution in [2.24, 2.45) is 0 Å². The van der Waals surface area contributed by atoms with Crippen LogP contribution >= 0.6 is 11.8 Å². The molecule has 0 fully saturated rings. The molecule has 0 saturated heterocycles. The minimum Gasteiger partial charge on any atom is -0.480 e. The molecule has 0 saturated carbocycles. The Bertz CT molecular complexity index is 418. The molecule has 1 amide bonds. The van der Waals surface area contributed by atoms with Gasteiger partial charge in [-0.3, -0.25) is 9.59 Å². The van der Waals surface area contributed by atoms with Crippen molar-refractivity contribution in [3.8, 4) is 0 Å². The number of hydrogen-bond donors (Lipinski definition) is 1. The van der Waals surface area contributed by atoms with Crippen molar-refractivity contribution < 1.29 is 14.7 Å². The molecular weight excluding hydrogens is 258 g/mol. The summed E-state index contributed by atoms with van der Waals surface area (Å²) in [4.78, 5) is 24.0. The van der Waals surface area contributed by atoms with Gasteiger partial charge in [-0.15, -0.1) is 5.10 Å². The Morgan fingerprint density at radius 3 is 2.61 bits per heavy atom. The summed E-state index contributed by atoms with van der Waals surface area (Å²) in [5.74, 6) is -0.851. The molecule has 0 bridgehead atoms. The van der Waals surface area contributed by atoms with E-state index in [0.29, 0.717) is 18.2 Å². The first-order chi connectivity index (χ1) is 8.58. The number of carbonyl (C=O) groups is 2. The quantitative estimate of drug-likeness (QED) is 0.681. The first kappa shape index (κ1) is 14.4. The number of carbonyl (C=O) groups excluding carboxylic acids is 1. The molecule has 1 aromatic rings. The molecular formula is C9H15N5O3S. The lowest BCUT2D eigenvalue weighted by Gasteiger charge is -2.17. The van der Waals surface area contributed by atoms with Crippen LogP contribution in [0.2, 0.25) is 0 Å². The van der Waals surface area contributed by atoms with Crippen LogP contribution < -0.4 is 0 Å². The molecule has 100 valence electrons. The topological polar surface area (TPSA) is 101 Å². The van der Waals surface area contributed by atoms with Gasteiger partial charge in [0.1, 0.15) is 6.54 Å². The van der Waals surface area contributed by atoms with Crippen LogP contribution in [0.1, 0.15) is 13.8 Å². The number of thioether (sulfide) groups is 1. The molecule has 8 nitrogen and oxygen atoms in total. The lowest BCUT2D eigenvalue weighted by molar-refractivity contribution is -0.138. The van der Waals surface area contributed by atoms with Crippen LogP contribution in [0.5, 0.6) is 0 Å². The number of tetrazole rings is 1. The van der Waals surface area contributed by atoms with Gasteiger partial charge >= 0.3 is 5.97 Å². The summed E-state index contributed by atoms with van der Waals surface area (Å²) < 4.78 is 1.16. The van der Waals surface area contributed by atoms with Gasteiger partial charge in [-0.05, 0) is 24.3 Å². The first-order valence-electron chi connectivity index (χ1n) is 5.47. The Morgan fingerprint density at radius 2 is 2.06 bits per heavy atom. The lowest BCUT2D eigenvalue weighted by Crippen LogP contribution is -2.32. The number of hydrogen-bond acceptors (Lipinski definition) is 6. The summed E-state index contributed by atoms with van der Waals surface area (Å²) in [6.45, 7) is 4.79. The van der Waals surface area contributed by atoms with Crippen molar-refractivity contribution in [1.29, 1.82) is 0 Å². The molecule has 0 aliphatic rings. The van der Waals surface area contributed by atoms with E-state index in [9.17, 15) is 9.59 Å². The summed E-state index contributed by atoms with van der Waals surface area (Å²) in [6.07, 6.45) is 0. The third-order valence-corrected chi connectivity index (χ3v) is 3.17. The van der Waals surface area contributed by atoms with E-state index in [0.717, 1.165) is 16.4 Å². The Labute approximate surface area is 108 Å². The van der Waals surface area contributed by atoms with E-state index in [4.69, 9.17) is 5.11 Å². The third-order valence-electron chi connectivity index (χ3n) is 2.22. The Hall–Kier alpha value is -1.64. The number of carboxylic acid groups (broad SMARTS) is 1. The minimum atomic E-state index is -1.03. The maximum atomic E-state index is 11.7. The Balaban J connectivity index is 2.55. The smallest absolute Gasteiger partial charge is 0.325 e. The Morgan fingerprint density at radius 1 is 1.39 bits per heavy atom. The van der Waals surface area contributed by atoms with Crippen molar-refractivity contribution in [2.45, 2.75) is 25.5 Å². The second-order valence-electron chi connectivity index (χ2n) is 3.37. The lowest BCUT2D eigenvalue weighted by atomic mass is 10.5. The van der Waals surface area contributed by atoms with Gasteiger partial charge in [-0.25, -0.2) is 4.68 Å². The van der Waals surface area contributed by atoms with Crippen LogP contribution in [0.15, 0.2) is 5.16 Å². The number of carboxylic acids is 1. The van der Waals surface area contributed by atoms with Crippen LogP contribution in [0.4, 0.5) is 0 Å². The van der Waals surface area contributed by atoms with Gasteiger partial charge in [0.25, 0.3) is 0 Å². The standard InChI is InChI=1S/C9H15N5O3S/c1-3-13(4-2)7(15)6-18-9-10-11-12-14(9)5-8(16)17/h3-6H2,1-2H3,(H,16,17). The van der Waals surface area contributed by atoms with Crippen molar-refractivity contribution in [2.75, 3.05) is 18.8 Å². The fourth-order valence-corrected chi connectivity index (χ4v) is 2.10. The number of nitrogens with zero attached hydrogens (tertiary/aromatic N) is 5. The van der Waals surface area contributed by atoms with Gasteiger partial charge in [-0.2, -0.15) is 0 Å². The van der Waals surface area contributed by atoms with Crippen LogP contribution in [0, 0.1) is 0 Å². The van der Waals surface area contributed by atoms with Crippen LogP contribution in [-0.2, 0) is 16.1 Å². The summed E-state index contributed by atoms with van der Waals surface area (Å²) in [7, 11) is 0. The molecule has 1 aromatic heterocycles. The molecule has 0 aliphatic carbocycles. The minimum absolute atomic E-state index is 0.0186. The second-order valence-corrected chi connectivity index (χ2v) is 4.31. The largest absolute Gasteiger partial charge is 0.480 e. The highest BCUT2D eigenvalue weighted by Crippen LogP contribution is 2.14. The average Bonchev–Trinajstić information content (AvgIpc) is 2.74. The molecule has 1 heterocycles. The van der Waals surface area contributed by atoms with Crippen molar-refractivity contribution >= 4 is 23.6 Å². The summed E-state index contributed by atoms with van der Waals surface area (Å²) in [5.41, 5.74) is 0. The normalized spacial score (nSPS) is 10.3. The van der Waals surface area contributed by atoms with Crippen molar-refractivity contribution in [3.05, 3.63) is 0 Å². The number of rotatable bonds is 7. The fourth-order valence-electron chi connectivity index (χ4n) is 1.32. The fraction of sp³-hybridized carbons (Fsp3) is 0.667. The molecule has 0 aliphatic heterocycles. The van der Waals surface area contributed by atoms with E-state index in [1.54, 1.807) is 4.90 Å². The summed E-state index contributed by atoms with van der Waals surface area (Å²) in [6, 6.07) is 0. The molecule has 0 atom stereocenters. The van der Waals surface area contributed by atoms with E-state index in [2.05, 4.69) is 15.5 Å². The maximum Gasteiger partial charge on any atom is 0.325 e. The number of amides is 1. The van der Waals surface area contributed by atoms with Gasteiger partial charge in [0.15, 0.2) is 0 Å².